The molecule has 0 aliphatic heterocycles. The number of carboxylic acid groups (broad SMARTS) is 1. The molecule has 1 aromatic carbocycles. The van der Waals surface area contributed by atoms with Crippen molar-refractivity contribution in [1.29, 1.82) is 0 Å². The van der Waals surface area contributed by atoms with Crippen molar-refractivity contribution >= 4 is 24.2 Å². The standard InChI is InChI=1S/C23H33NO10/c1-5-10-30-22(28)33-17-9-8-15(13-18(17)34-23(29)31-11-6-2)16(20(24)21(26)27)12-14(4)32-19(25)7-3/h8-9,13-14,16,20H,5-7,10-12,24H2,1-4H3,(H,26,27)/t14?,16?,20-/m0/s1. The molecule has 0 aromatic heterocycles. The summed E-state index contributed by atoms with van der Waals surface area (Å²) in [7, 11) is 0. The molecule has 1 aromatic rings. The number of nitrogens with two attached hydrogens (primary N) is 1. The molecule has 11 nitrogen and oxygen atoms in total. The molecular weight excluding hydrogens is 450 g/mol. The molecule has 0 heterocycles. The van der Waals surface area contributed by atoms with E-state index in [2.05, 4.69) is 0 Å². The zero-order valence-corrected chi connectivity index (χ0v) is 19.9. The Morgan fingerprint density at radius 1 is 0.941 bits per heavy atom. The van der Waals surface area contributed by atoms with Gasteiger partial charge in [-0.15, -0.1) is 0 Å². The van der Waals surface area contributed by atoms with E-state index in [1.54, 1.807) is 20.8 Å². The average Bonchev–Trinajstić information content (AvgIpc) is 2.80. The van der Waals surface area contributed by atoms with Gasteiger partial charge in [-0.05, 0) is 43.9 Å². The Balaban J connectivity index is 3.30. The van der Waals surface area contributed by atoms with Gasteiger partial charge in [-0.2, -0.15) is 0 Å². The predicted octanol–water partition coefficient (Wildman–Crippen LogP) is 3.76. The molecule has 0 fully saturated rings. The maximum atomic E-state index is 12.0. The van der Waals surface area contributed by atoms with Gasteiger partial charge in [-0.1, -0.05) is 26.8 Å². The van der Waals surface area contributed by atoms with Crippen LogP contribution in [0.25, 0.3) is 0 Å². The molecule has 0 saturated carbocycles. The summed E-state index contributed by atoms with van der Waals surface area (Å²) >= 11 is 0. The molecule has 34 heavy (non-hydrogen) atoms. The smallest absolute Gasteiger partial charge is 0.480 e. The van der Waals surface area contributed by atoms with Crippen molar-refractivity contribution < 1.29 is 48.0 Å². The SMILES string of the molecule is CCCOC(=O)Oc1ccc(C(CC(C)OC(=O)CC)[C@H](N)C(=O)O)cc1OC(=O)OCCC. The molecule has 190 valence electrons. The van der Waals surface area contributed by atoms with E-state index in [0.717, 1.165) is 0 Å². The molecule has 0 aliphatic carbocycles. The van der Waals surface area contributed by atoms with Crippen LogP contribution in [0.4, 0.5) is 9.59 Å². The fraction of sp³-hybridized carbons (Fsp3) is 0.565. The van der Waals surface area contributed by atoms with Gasteiger partial charge in [0.15, 0.2) is 11.5 Å². The first-order valence-electron chi connectivity index (χ1n) is 11.1. The summed E-state index contributed by atoms with van der Waals surface area (Å²) in [6.07, 6.45) is -1.28. The first kappa shape index (κ1) is 28.7. The van der Waals surface area contributed by atoms with E-state index in [4.69, 9.17) is 29.4 Å². The normalized spacial score (nSPS) is 13.2. The first-order chi connectivity index (χ1) is 16.1. The Hall–Kier alpha value is -3.34. The molecule has 3 N–H and O–H groups in total. The number of rotatable bonds is 13. The largest absolute Gasteiger partial charge is 0.513 e. The molecule has 3 atom stereocenters. The van der Waals surface area contributed by atoms with Crippen LogP contribution in [0, 0.1) is 0 Å². The van der Waals surface area contributed by atoms with Crippen LogP contribution in [0.15, 0.2) is 18.2 Å². The molecule has 11 heteroatoms. The summed E-state index contributed by atoms with van der Waals surface area (Å²) in [5.41, 5.74) is 6.28. The van der Waals surface area contributed by atoms with E-state index < -0.39 is 42.3 Å². The van der Waals surface area contributed by atoms with E-state index in [0.29, 0.717) is 18.4 Å². The lowest BCUT2D eigenvalue weighted by Crippen LogP contribution is -2.38. The molecule has 0 spiro atoms. The van der Waals surface area contributed by atoms with Gasteiger partial charge >= 0.3 is 24.2 Å². The van der Waals surface area contributed by atoms with Gasteiger partial charge in [0.25, 0.3) is 0 Å². The zero-order chi connectivity index (χ0) is 25.7. The van der Waals surface area contributed by atoms with Gasteiger partial charge < -0.3 is 34.5 Å². The van der Waals surface area contributed by atoms with Crippen molar-refractivity contribution in [2.45, 2.75) is 71.4 Å². The first-order valence-corrected chi connectivity index (χ1v) is 11.1. The van der Waals surface area contributed by atoms with E-state index in [1.807, 2.05) is 6.92 Å². The molecule has 0 aliphatic rings. The van der Waals surface area contributed by atoms with Crippen LogP contribution in [0.5, 0.6) is 11.5 Å². The van der Waals surface area contributed by atoms with E-state index in [1.165, 1.54) is 18.2 Å². The van der Waals surface area contributed by atoms with Gasteiger partial charge in [0, 0.05) is 12.3 Å². The van der Waals surface area contributed by atoms with Gasteiger partial charge in [0.2, 0.25) is 0 Å². The number of carboxylic acids is 1. The van der Waals surface area contributed by atoms with Crippen LogP contribution < -0.4 is 15.2 Å². The summed E-state index contributed by atoms with van der Waals surface area (Å²) < 4.78 is 25.4. The summed E-state index contributed by atoms with van der Waals surface area (Å²) in [5, 5.41) is 9.50. The minimum atomic E-state index is -1.36. The number of hydrogen-bond acceptors (Lipinski definition) is 10. The second-order valence-electron chi connectivity index (χ2n) is 7.47. The minimum absolute atomic E-state index is 0.0810. The highest BCUT2D eigenvalue weighted by molar-refractivity contribution is 5.75. The van der Waals surface area contributed by atoms with Crippen molar-refractivity contribution in [3.8, 4) is 11.5 Å². The summed E-state index contributed by atoms with van der Waals surface area (Å²) in [6, 6.07) is 2.78. The minimum Gasteiger partial charge on any atom is -0.480 e. The summed E-state index contributed by atoms with van der Waals surface area (Å²) in [6.45, 7) is 7.12. The molecule has 0 bridgehead atoms. The zero-order valence-electron chi connectivity index (χ0n) is 19.9. The van der Waals surface area contributed by atoms with Crippen LogP contribution >= 0.6 is 0 Å². The van der Waals surface area contributed by atoms with E-state index >= 15 is 0 Å². The third kappa shape index (κ3) is 9.65. The molecule has 0 amide bonds. The lowest BCUT2D eigenvalue weighted by Gasteiger charge is -2.25. The molecule has 1 rings (SSSR count). The van der Waals surface area contributed by atoms with Crippen molar-refractivity contribution in [1.82, 2.24) is 0 Å². The number of ether oxygens (including phenoxy) is 5. The number of aliphatic carboxylic acids is 1. The van der Waals surface area contributed by atoms with Gasteiger partial charge in [0.1, 0.15) is 6.04 Å². The predicted molar refractivity (Wildman–Crippen MR) is 120 cm³/mol. The number of carbonyl (C=O) groups excluding carboxylic acids is 3. The van der Waals surface area contributed by atoms with Crippen LogP contribution in [0.3, 0.4) is 0 Å². The molecular formula is C23H33NO10. The number of hydrogen-bond donors (Lipinski definition) is 2. The topological polar surface area (TPSA) is 161 Å². The second kappa shape index (κ2) is 14.7. The van der Waals surface area contributed by atoms with Crippen LogP contribution in [0.2, 0.25) is 0 Å². The molecule has 0 radical (unpaired) electrons. The van der Waals surface area contributed by atoms with Crippen molar-refractivity contribution in [3.05, 3.63) is 23.8 Å². The Labute approximate surface area is 198 Å². The van der Waals surface area contributed by atoms with E-state index in [9.17, 15) is 24.3 Å². The molecule has 2 unspecified atom stereocenters. The number of benzene rings is 1. The van der Waals surface area contributed by atoms with Crippen LogP contribution in [-0.2, 0) is 23.8 Å². The number of esters is 1. The van der Waals surface area contributed by atoms with Crippen LogP contribution in [0.1, 0.15) is 64.9 Å². The number of carbonyl (C=O) groups is 4. The fourth-order valence-electron chi connectivity index (χ4n) is 2.90. The summed E-state index contributed by atoms with van der Waals surface area (Å²) in [4.78, 5) is 47.2. The Kier molecular flexibility index (Phi) is 12.4. The van der Waals surface area contributed by atoms with Crippen molar-refractivity contribution in [2.24, 2.45) is 5.73 Å². The fourth-order valence-corrected chi connectivity index (χ4v) is 2.90. The third-order valence-electron chi connectivity index (χ3n) is 4.56. The maximum absolute atomic E-state index is 12.0. The van der Waals surface area contributed by atoms with Crippen molar-refractivity contribution in [3.63, 3.8) is 0 Å². The maximum Gasteiger partial charge on any atom is 0.513 e. The summed E-state index contributed by atoms with van der Waals surface area (Å²) in [5.74, 6) is -2.86. The van der Waals surface area contributed by atoms with Crippen molar-refractivity contribution in [2.75, 3.05) is 13.2 Å². The van der Waals surface area contributed by atoms with Crippen LogP contribution in [-0.4, -0.2) is 54.7 Å². The molecule has 0 saturated heterocycles. The highest BCUT2D eigenvalue weighted by Gasteiger charge is 2.30. The highest BCUT2D eigenvalue weighted by atomic mass is 16.7. The third-order valence-corrected chi connectivity index (χ3v) is 4.56. The van der Waals surface area contributed by atoms with Gasteiger partial charge in [-0.25, -0.2) is 9.59 Å². The quantitative estimate of drug-likeness (QED) is 0.239. The monoisotopic (exact) mass is 483 g/mol. The lowest BCUT2D eigenvalue weighted by atomic mass is 9.87. The highest BCUT2D eigenvalue weighted by Crippen LogP contribution is 2.35. The Morgan fingerprint density at radius 3 is 2.00 bits per heavy atom. The average molecular weight is 484 g/mol. The second-order valence-corrected chi connectivity index (χ2v) is 7.47. The lowest BCUT2D eigenvalue weighted by molar-refractivity contribution is -0.148. The Bertz CT molecular complexity index is 841. The Morgan fingerprint density at radius 2 is 1.50 bits per heavy atom. The van der Waals surface area contributed by atoms with Gasteiger partial charge in [0.05, 0.1) is 19.3 Å². The van der Waals surface area contributed by atoms with E-state index in [-0.39, 0.29) is 37.6 Å². The van der Waals surface area contributed by atoms with Gasteiger partial charge in [-0.3, -0.25) is 9.59 Å².